The van der Waals surface area contributed by atoms with E-state index in [1.807, 2.05) is 12.1 Å². The molecule has 0 atom stereocenters. The van der Waals surface area contributed by atoms with Gasteiger partial charge in [0.05, 0.1) is 11.6 Å². The lowest BCUT2D eigenvalue weighted by Crippen LogP contribution is -1.97. The van der Waals surface area contributed by atoms with Crippen molar-refractivity contribution >= 4 is 11.6 Å². The molecule has 90 valence electrons. The highest BCUT2D eigenvalue weighted by Crippen LogP contribution is 2.26. The summed E-state index contributed by atoms with van der Waals surface area (Å²) in [6, 6.07) is 6.13. The summed E-state index contributed by atoms with van der Waals surface area (Å²) in [4.78, 5) is 0. The van der Waals surface area contributed by atoms with Crippen LogP contribution in [0.3, 0.4) is 0 Å². The molecule has 0 aliphatic rings. The Morgan fingerprint density at radius 2 is 1.88 bits per heavy atom. The van der Waals surface area contributed by atoms with E-state index in [1.54, 1.807) is 0 Å². The summed E-state index contributed by atoms with van der Waals surface area (Å²) < 4.78 is 5.60. The van der Waals surface area contributed by atoms with E-state index in [4.69, 9.17) is 16.3 Å². The van der Waals surface area contributed by atoms with Gasteiger partial charge in [-0.15, -0.1) is 0 Å². The zero-order chi connectivity index (χ0) is 11.8. The van der Waals surface area contributed by atoms with Crippen LogP contribution in [0.1, 0.15) is 45.1 Å². The summed E-state index contributed by atoms with van der Waals surface area (Å²) in [6.45, 7) is 5.10. The molecule has 0 heterocycles. The Hall–Kier alpha value is -0.690. The van der Waals surface area contributed by atoms with Gasteiger partial charge >= 0.3 is 0 Å². The lowest BCUT2D eigenvalue weighted by atomic mass is 10.1. The molecule has 2 heteroatoms. The number of hydrogen-bond acceptors (Lipinski definition) is 1. The Labute approximate surface area is 104 Å². The van der Waals surface area contributed by atoms with Crippen LogP contribution in [0, 0.1) is 0 Å². The molecule has 0 spiro atoms. The maximum Gasteiger partial charge on any atom is 0.137 e. The summed E-state index contributed by atoms with van der Waals surface area (Å²) in [5, 5.41) is 0.740. The third-order valence-electron chi connectivity index (χ3n) is 2.57. The van der Waals surface area contributed by atoms with Gasteiger partial charge in [0, 0.05) is 0 Å². The lowest BCUT2D eigenvalue weighted by Gasteiger charge is -2.08. The minimum Gasteiger partial charge on any atom is -0.492 e. The van der Waals surface area contributed by atoms with Gasteiger partial charge in [0.1, 0.15) is 5.75 Å². The van der Waals surface area contributed by atoms with Crippen molar-refractivity contribution in [3.63, 3.8) is 0 Å². The van der Waals surface area contributed by atoms with E-state index < -0.39 is 0 Å². The van der Waals surface area contributed by atoms with Crippen LogP contribution in [-0.4, -0.2) is 6.61 Å². The van der Waals surface area contributed by atoms with Crippen molar-refractivity contribution in [2.75, 3.05) is 6.61 Å². The molecule has 0 N–H and O–H groups in total. The zero-order valence-electron chi connectivity index (χ0n) is 10.3. The third kappa shape index (κ3) is 4.44. The number of rotatable bonds is 7. The second-order valence-corrected chi connectivity index (χ2v) is 4.48. The van der Waals surface area contributed by atoms with E-state index in [0.29, 0.717) is 0 Å². The number of ether oxygens (including phenoxy) is 1. The van der Waals surface area contributed by atoms with Crippen molar-refractivity contribution in [2.45, 2.75) is 46.0 Å². The number of unbranched alkanes of at least 4 members (excludes halogenated alkanes) is 2. The lowest BCUT2D eigenvalue weighted by molar-refractivity contribution is 0.309. The van der Waals surface area contributed by atoms with Crippen LogP contribution in [-0.2, 0) is 6.42 Å². The second kappa shape index (κ2) is 7.56. The summed E-state index contributed by atoms with van der Waals surface area (Å²) in [5.41, 5.74) is 1.30. The Morgan fingerprint density at radius 1 is 1.12 bits per heavy atom. The molecule has 0 saturated carbocycles. The highest BCUT2D eigenvalue weighted by Gasteiger charge is 2.02. The Bertz CT molecular complexity index is 310. The molecule has 1 nitrogen and oxygen atoms in total. The van der Waals surface area contributed by atoms with Crippen LogP contribution < -0.4 is 4.74 Å². The fourth-order valence-corrected chi connectivity index (χ4v) is 1.78. The summed E-state index contributed by atoms with van der Waals surface area (Å²) >= 11 is 6.16. The number of aryl methyl sites for hydroxylation is 1. The van der Waals surface area contributed by atoms with Gasteiger partial charge in [0.25, 0.3) is 0 Å². The molecule has 0 saturated heterocycles. The molecule has 0 radical (unpaired) electrons. The summed E-state index contributed by atoms with van der Waals surface area (Å²) in [7, 11) is 0. The topological polar surface area (TPSA) is 9.23 Å². The maximum atomic E-state index is 6.16. The average Bonchev–Trinajstić information content (AvgIpc) is 2.29. The highest BCUT2D eigenvalue weighted by atomic mass is 35.5. The standard InChI is InChI=1S/C14H21ClO/c1-3-5-7-12-8-9-14(13(15)11-12)16-10-6-4-2/h8-9,11H,3-7,10H2,1-2H3. The molecule has 16 heavy (non-hydrogen) atoms. The molecule has 0 fully saturated rings. The fourth-order valence-electron chi connectivity index (χ4n) is 1.52. The van der Waals surface area contributed by atoms with Crippen LogP contribution >= 0.6 is 11.6 Å². The van der Waals surface area contributed by atoms with Gasteiger partial charge in [0.15, 0.2) is 0 Å². The Balaban J connectivity index is 2.53. The van der Waals surface area contributed by atoms with Crippen molar-refractivity contribution in [1.82, 2.24) is 0 Å². The van der Waals surface area contributed by atoms with Gasteiger partial charge in [-0.25, -0.2) is 0 Å². The van der Waals surface area contributed by atoms with E-state index in [0.717, 1.165) is 36.6 Å². The monoisotopic (exact) mass is 240 g/mol. The maximum absolute atomic E-state index is 6.16. The van der Waals surface area contributed by atoms with Crippen LogP contribution in [0.2, 0.25) is 5.02 Å². The fraction of sp³-hybridized carbons (Fsp3) is 0.571. The number of halogens is 1. The molecule has 1 aromatic carbocycles. The van der Waals surface area contributed by atoms with E-state index in [2.05, 4.69) is 19.9 Å². The average molecular weight is 241 g/mol. The SMILES string of the molecule is CCCCOc1ccc(CCCC)cc1Cl. The molecule has 0 bridgehead atoms. The summed E-state index contributed by atoms with van der Waals surface area (Å²) in [5.74, 6) is 0.815. The van der Waals surface area contributed by atoms with Gasteiger partial charge in [-0.1, -0.05) is 44.4 Å². The van der Waals surface area contributed by atoms with Crippen molar-refractivity contribution < 1.29 is 4.74 Å². The van der Waals surface area contributed by atoms with Gasteiger partial charge in [-0.05, 0) is 37.0 Å². The highest BCUT2D eigenvalue weighted by molar-refractivity contribution is 6.32. The normalized spacial score (nSPS) is 10.4. The Morgan fingerprint density at radius 3 is 2.50 bits per heavy atom. The molecule has 1 aromatic rings. The Kier molecular flexibility index (Phi) is 6.32. The van der Waals surface area contributed by atoms with Crippen molar-refractivity contribution in [1.29, 1.82) is 0 Å². The zero-order valence-corrected chi connectivity index (χ0v) is 11.0. The van der Waals surface area contributed by atoms with E-state index in [-0.39, 0.29) is 0 Å². The van der Waals surface area contributed by atoms with Gasteiger partial charge in [0.2, 0.25) is 0 Å². The first kappa shape index (κ1) is 13.4. The first-order valence-corrected chi connectivity index (χ1v) is 6.57. The number of benzene rings is 1. The van der Waals surface area contributed by atoms with E-state index >= 15 is 0 Å². The van der Waals surface area contributed by atoms with E-state index in [9.17, 15) is 0 Å². The molecule has 1 rings (SSSR count). The predicted molar refractivity (Wildman–Crippen MR) is 70.5 cm³/mol. The predicted octanol–water partition coefficient (Wildman–Crippen LogP) is 4.86. The molecular formula is C14H21ClO. The van der Waals surface area contributed by atoms with Gasteiger partial charge < -0.3 is 4.74 Å². The van der Waals surface area contributed by atoms with Crippen molar-refractivity contribution in [3.8, 4) is 5.75 Å². The molecule has 0 aliphatic heterocycles. The number of hydrogen-bond donors (Lipinski definition) is 0. The smallest absolute Gasteiger partial charge is 0.137 e. The molecule has 0 aliphatic carbocycles. The molecular weight excluding hydrogens is 220 g/mol. The van der Waals surface area contributed by atoms with Gasteiger partial charge in [-0.2, -0.15) is 0 Å². The first-order valence-electron chi connectivity index (χ1n) is 6.19. The van der Waals surface area contributed by atoms with Crippen molar-refractivity contribution in [3.05, 3.63) is 28.8 Å². The quantitative estimate of drug-likeness (QED) is 0.619. The van der Waals surface area contributed by atoms with Crippen molar-refractivity contribution in [2.24, 2.45) is 0 Å². The summed E-state index contributed by atoms with van der Waals surface area (Å²) in [6.07, 6.45) is 5.75. The largest absolute Gasteiger partial charge is 0.492 e. The minimum atomic E-state index is 0.740. The van der Waals surface area contributed by atoms with Crippen LogP contribution in [0.25, 0.3) is 0 Å². The van der Waals surface area contributed by atoms with Crippen LogP contribution in [0.4, 0.5) is 0 Å². The van der Waals surface area contributed by atoms with Crippen LogP contribution in [0.5, 0.6) is 5.75 Å². The molecule has 0 aromatic heterocycles. The molecule has 0 amide bonds. The second-order valence-electron chi connectivity index (χ2n) is 4.07. The third-order valence-corrected chi connectivity index (χ3v) is 2.87. The van der Waals surface area contributed by atoms with Gasteiger partial charge in [-0.3, -0.25) is 0 Å². The molecule has 0 unspecified atom stereocenters. The van der Waals surface area contributed by atoms with E-state index in [1.165, 1.54) is 18.4 Å². The van der Waals surface area contributed by atoms with Crippen LogP contribution in [0.15, 0.2) is 18.2 Å². The minimum absolute atomic E-state index is 0.740. The first-order chi connectivity index (χ1) is 7.77.